The molecule has 0 saturated heterocycles. The van der Waals surface area contributed by atoms with Crippen LogP contribution in [0.4, 0.5) is 0 Å². The molecule has 0 spiro atoms. The number of alkyl halides is 1. The first-order chi connectivity index (χ1) is 8.66. The van der Waals surface area contributed by atoms with Gasteiger partial charge in [0, 0.05) is 28.0 Å². The Morgan fingerprint density at radius 3 is 2.67 bits per heavy atom. The smallest absolute Gasteiger partial charge is 0.0489 e. The number of benzene rings is 1. The second-order valence-electron chi connectivity index (χ2n) is 4.88. The lowest BCUT2D eigenvalue weighted by atomic mass is 10.1. The maximum Gasteiger partial charge on any atom is 0.0489 e. The lowest BCUT2D eigenvalue weighted by molar-refractivity contribution is 0.465. The van der Waals surface area contributed by atoms with Crippen molar-refractivity contribution in [3.05, 3.63) is 33.8 Å². The SMILES string of the molecule is Clc1ccc(CNC2CCCCCC2Cl)c(Cl)c1. The Morgan fingerprint density at radius 2 is 1.89 bits per heavy atom. The Bertz CT molecular complexity index is 395. The highest BCUT2D eigenvalue weighted by atomic mass is 35.5. The topological polar surface area (TPSA) is 12.0 Å². The van der Waals surface area contributed by atoms with Gasteiger partial charge in [0.25, 0.3) is 0 Å². The first-order valence-corrected chi connectivity index (χ1v) is 7.67. The van der Waals surface area contributed by atoms with Gasteiger partial charge in [-0.3, -0.25) is 0 Å². The third kappa shape index (κ3) is 4.03. The molecule has 1 aliphatic rings. The third-order valence-corrected chi connectivity index (χ3v) is 4.61. The van der Waals surface area contributed by atoms with Crippen molar-refractivity contribution in [2.24, 2.45) is 0 Å². The summed E-state index contributed by atoms with van der Waals surface area (Å²) in [5, 5.41) is 5.16. The fraction of sp³-hybridized carbons (Fsp3) is 0.571. The van der Waals surface area contributed by atoms with E-state index in [1.807, 2.05) is 12.1 Å². The van der Waals surface area contributed by atoms with Gasteiger partial charge in [-0.25, -0.2) is 0 Å². The summed E-state index contributed by atoms with van der Waals surface area (Å²) in [5.41, 5.74) is 1.08. The monoisotopic (exact) mass is 305 g/mol. The quantitative estimate of drug-likeness (QED) is 0.610. The van der Waals surface area contributed by atoms with Crippen molar-refractivity contribution < 1.29 is 0 Å². The maximum absolute atomic E-state index is 6.40. The number of hydrogen-bond donors (Lipinski definition) is 1. The highest BCUT2D eigenvalue weighted by Crippen LogP contribution is 2.24. The minimum absolute atomic E-state index is 0.235. The van der Waals surface area contributed by atoms with Gasteiger partial charge in [0.15, 0.2) is 0 Å². The highest BCUT2D eigenvalue weighted by Gasteiger charge is 2.21. The van der Waals surface area contributed by atoms with E-state index in [1.54, 1.807) is 6.07 Å². The molecular formula is C14H18Cl3N. The second-order valence-corrected chi connectivity index (χ2v) is 6.28. The lowest BCUT2D eigenvalue weighted by Gasteiger charge is -2.21. The molecule has 1 aliphatic carbocycles. The molecule has 2 rings (SSSR count). The summed E-state index contributed by atoms with van der Waals surface area (Å²) in [5.74, 6) is 0. The van der Waals surface area contributed by atoms with Crippen LogP contribution in [0.25, 0.3) is 0 Å². The van der Waals surface area contributed by atoms with E-state index in [0.29, 0.717) is 11.1 Å². The van der Waals surface area contributed by atoms with E-state index in [-0.39, 0.29) is 5.38 Å². The van der Waals surface area contributed by atoms with E-state index in [4.69, 9.17) is 34.8 Å². The van der Waals surface area contributed by atoms with Gasteiger partial charge in [0.2, 0.25) is 0 Å². The Morgan fingerprint density at radius 1 is 1.11 bits per heavy atom. The van der Waals surface area contributed by atoms with Gasteiger partial charge in [-0.05, 0) is 30.5 Å². The van der Waals surface area contributed by atoms with Gasteiger partial charge < -0.3 is 5.32 Å². The number of halogens is 3. The predicted molar refractivity (Wildman–Crippen MR) is 79.8 cm³/mol. The molecule has 2 unspecified atom stereocenters. The van der Waals surface area contributed by atoms with Crippen molar-refractivity contribution in [3.8, 4) is 0 Å². The van der Waals surface area contributed by atoms with Crippen molar-refractivity contribution in [1.82, 2.24) is 5.32 Å². The molecule has 18 heavy (non-hydrogen) atoms. The molecule has 1 nitrogen and oxygen atoms in total. The second kappa shape index (κ2) is 7.00. The van der Waals surface area contributed by atoms with Gasteiger partial charge in [0.1, 0.15) is 0 Å². The average molecular weight is 307 g/mol. The van der Waals surface area contributed by atoms with Gasteiger partial charge in [-0.15, -0.1) is 11.6 Å². The normalized spacial score (nSPS) is 24.8. The summed E-state index contributed by atoms with van der Waals surface area (Å²) in [4.78, 5) is 0. The largest absolute Gasteiger partial charge is 0.308 e. The first kappa shape index (κ1) is 14.5. The molecule has 0 bridgehead atoms. The van der Waals surface area contributed by atoms with Gasteiger partial charge in [-0.1, -0.05) is 48.5 Å². The summed E-state index contributed by atoms with van der Waals surface area (Å²) in [6, 6.07) is 6.01. The number of hydrogen-bond acceptors (Lipinski definition) is 1. The van der Waals surface area contributed by atoms with Crippen LogP contribution in [0.1, 0.15) is 37.7 Å². The molecule has 1 saturated carbocycles. The summed E-state index contributed by atoms with van der Waals surface area (Å²) >= 11 is 18.4. The van der Waals surface area contributed by atoms with Gasteiger partial charge >= 0.3 is 0 Å². The highest BCUT2D eigenvalue weighted by molar-refractivity contribution is 6.35. The average Bonchev–Trinajstić information content (AvgIpc) is 2.53. The number of nitrogens with one attached hydrogen (secondary N) is 1. The Kier molecular flexibility index (Phi) is 5.62. The van der Waals surface area contributed by atoms with E-state index >= 15 is 0 Å². The lowest BCUT2D eigenvalue weighted by Crippen LogP contribution is -2.35. The molecule has 4 heteroatoms. The Labute approximate surface area is 124 Å². The van der Waals surface area contributed by atoms with Crippen LogP contribution in [0.15, 0.2) is 18.2 Å². The summed E-state index contributed by atoms with van der Waals surface area (Å²) in [7, 11) is 0. The Hall–Kier alpha value is 0.0500. The van der Waals surface area contributed by atoms with Crippen molar-refractivity contribution in [2.45, 2.75) is 50.1 Å². The molecule has 100 valence electrons. The summed E-state index contributed by atoms with van der Waals surface area (Å²) in [6.07, 6.45) is 6.05. The molecule has 2 atom stereocenters. The molecule has 1 fully saturated rings. The molecule has 0 radical (unpaired) electrons. The molecule has 1 N–H and O–H groups in total. The van der Waals surface area contributed by atoms with E-state index < -0.39 is 0 Å². The first-order valence-electron chi connectivity index (χ1n) is 6.48. The standard InChI is InChI=1S/C14H18Cl3N/c15-11-7-6-10(13(17)8-11)9-18-14-5-3-1-2-4-12(14)16/h6-8,12,14,18H,1-5,9H2. The van der Waals surface area contributed by atoms with Crippen LogP contribution in [-0.2, 0) is 6.54 Å². The van der Waals surface area contributed by atoms with Gasteiger partial charge in [0.05, 0.1) is 0 Å². The van der Waals surface area contributed by atoms with Crippen LogP contribution in [0.2, 0.25) is 10.0 Å². The molecule has 1 aromatic carbocycles. The Balaban J connectivity index is 1.93. The van der Waals surface area contributed by atoms with Crippen LogP contribution >= 0.6 is 34.8 Å². The van der Waals surface area contributed by atoms with Crippen LogP contribution in [0, 0.1) is 0 Å². The zero-order chi connectivity index (χ0) is 13.0. The minimum atomic E-state index is 0.235. The maximum atomic E-state index is 6.40. The van der Waals surface area contributed by atoms with Crippen molar-refractivity contribution in [3.63, 3.8) is 0 Å². The molecule has 1 aromatic rings. The summed E-state index contributed by atoms with van der Waals surface area (Å²) in [6.45, 7) is 0.754. The molecule has 0 aliphatic heterocycles. The van der Waals surface area contributed by atoms with E-state index in [2.05, 4.69) is 5.32 Å². The molecule has 0 amide bonds. The van der Waals surface area contributed by atoms with E-state index in [0.717, 1.165) is 30.0 Å². The molecule has 0 aromatic heterocycles. The predicted octanol–water partition coefficient (Wildman–Crippen LogP) is 5.02. The fourth-order valence-electron chi connectivity index (χ4n) is 2.40. The fourth-order valence-corrected chi connectivity index (χ4v) is 3.24. The molecular weight excluding hydrogens is 289 g/mol. The van der Waals surface area contributed by atoms with Crippen molar-refractivity contribution in [1.29, 1.82) is 0 Å². The van der Waals surface area contributed by atoms with E-state index in [9.17, 15) is 0 Å². The van der Waals surface area contributed by atoms with E-state index in [1.165, 1.54) is 19.3 Å². The van der Waals surface area contributed by atoms with Crippen LogP contribution < -0.4 is 5.32 Å². The van der Waals surface area contributed by atoms with Crippen molar-refractivity contribution >= 4 is 34.8 Å². The van der Waals surface area contributed by atoms with Crippen LogP contribution in [-0.4, -0.2) is 11.4 Å². The molecule has 0 heterocycles. The minimum Gasteiger partial charge on any atom is -0.308 e. The van der Waals surface area contributed by atoms with Crippen LogP contribution in [0.5, 0.6) is 0 Å². The zero-order valence-corrected chi connectivity index (χ0v) is 12.5. The van der Waals surface area contributed by atoms with Crippen molar-refractivity contribution in [2.75, 3.05) is 0 Å². The zero-order valence-electron chi connectivity index (χ0n) is 10.3. The van der Waals surface area contributed by atoms with Gasteiger partial charge in [-0.2, -0.15) is 0 Å². The summed E-state index contributed by atoms with van der Waals surface area (Å²) < 4.78 is 0. The number of rotatable bonds is 3. The third-order valence-electron chi connectivity index (χ3n) is 3.50. The van der Waals surface area contributed by atoms with Crippen LogP contribution in [0.3, 0.4) is 0 Å².